The number of likely N-dealkylation sites (tertiary alicyclic amines) is 1. The number of rotatable bonds is 5. The summed E-state index contributed by atoms with van der Waals surface area (Å²) in [4.78, 5) is 42.0. The van der Waals surface area contributed by atoms with Gasteiger partial charge in [-0.05, 0) is 30.7 Å². The van der Waals surface area contributed by atoms with Crippen LogP contribution in [0.2, 0.25) is 0 Å². The van der Waals surface area contributed by atoms with Crippen LogP contribution in [0.3, 0.4) is 0 Å². The van der Waals surface area contributed by atoms with Crippen molar-refractivity contribution in [3.8, 4) is 0 Å². The van der Waals surface area contributed by atoms with Crippen molar-refractivity contribution in [3.05, 3.63) is 35.9 Å². The highest BCUT2D eigenvalue weighted by Gasteiger charge is 2.58. The smallest absolute Gasteiger partial charge is 0.325 e. The minimum Gasteiger partial charge on any atom is -0.337 e. The van der Waals surface area contributed by atoms with Gasteiger partial charge in [-0.25, -0.2) is 13.2 Å². The molecular weight excluding hydrogens is 430 g/mol. The molecule has 174 valence electrons. The number of carbonyl (C=O) groups is 3. The molecule has 0 aromatic heterocycles. The molecule has 2 atom stereocenters. The number of hydrogen-bond donors (Lipinski definition) is 1. The third-order valence-corrected chi connectivity index (χ3v) is 9.14. The molecule has 1 spiro atoms. The van der Waals surface area contributed by atoms with Crippen LogP contribution < -0.4 is 5.32 Å². The van der Waals surface area contributed by atoms with E-state index in [4.69, 9.17) is 0 Å². The van der Waals surface area contributed by atoms with Gasteiger partial charge in [0.05, 0.1) is 11.5 Å². The van der Waals surface area contributed by atoms with Crippen LogP contribution in [0.4, 0.5) is 4.79 Å². The van der Waals surface area contributed by atoms with Gasteiger partial charge in [-0.3, -0.25) is 14.5 Å². The fourth-order valence-corrected chi connectivity index (χ4v) is 7.46. The fourth-order valence-electron chi connectivity index (χ4n) is 5.82. The normalized spacial score (nSPS) is 28.7. The Morgan fingerprint density at radius 1 is 1.16 bits per heavy atom. The van der Waals surface area contributed by atoms with Gasteiger partial charge in [-0.15, -0.1) is 0 Å². The molecule has 2 unspecified atom stereocenters. The van der Waals surface area contributed by atoms with Crippen molar-refractivity contribution in [2.24, 2.45) is 11.3 Å². The molecular formula is C23H31N3O5S. The Balaban J connectivity index is 1.50. The molecule has 0 saturated carbocycles. The first kappa shape index (κ1) is 22.8. The average Bonchev–Trinajstić information content (AvgIpc) is 2.98. The summed E-state index contributed by atoms with van der Waals surface area (Å²) in [6.45, 7) is 6.06. The molecule has 32 heavy (non-hydrogen) atoms. The molecule has 1 aromatic carbocycles. The van der Waals surface area contributed by atoms with Gasteiger partial charge in [0.2, 0.25) is 5.91 Å². The monoisotopic (exact) mass is 461 g/mol. The molecule has 1 aromatic rings. The number of carbonyl (C=O) groups excluding carboxylic acids is 3. The second-order valence-electron chi connectivity index (χ2n) is 9.67. The predicted octanol–water partition coefficient (Wildman–Crippen LogP) is 1.91. The first-order valence-electron chi connectivity index (χ1n) is 11.2. The lowest BCUT2D eigenvalue weighted by atomic mass is 9.63. The Morgan fingerprint density at radius 3 is 2.34 bits per heavy atom. The Morgan fingerprint density at radius 2 is 1.78 bits per heavy atom. The summed E-state index contributed by atoms with van der Waals surface area (Å²) in [7, 11) is -3.00. The van der Waals surface area contributed by atoms with E-state index in [1.54, 1.807) is 17.0 Å². The predicted molar refractivity (Wildman–Crippen MR) is 119 cm³/mol. The molecule has 0 bridgehead atoms. The fraction of sp³-hybridized carbons (Fsp3) is 0.609. The highest BCUT2D eigenvalue weighted by Crippen LogP contribution is 2.49. The van der Waals surface area contributed by atoms with Crippen LogP contribution in [0.1, 0.15) is 45.6 Å². The van der Waals surface area contributed by atoms with E-state index in [2.05, 4.69) is 5.32 Å². The van der Waals surface area contributed by atoms with Crippen molar-refractivity contribution in [1.82, 2.24) is 15.1 Å². The first-order chi connectivity index (χ1) is 15.1. The van der Waals surface area contributed by atoms with Crippen LogP contribution in [0.5, 0.6) is 0 Å². The number of sulfone groups is 1. The van der Waals surface area contributed by atoms with Crippen LogP contribution in [0.15, 0.2) is 30.3 Å². The summed E-state index contributed by atoms with van der Waals surface area (Å²) in [6.07, 6.45) is 1.48. The largest absolute Gasteiger partial charge is 0.337 e. The molecule has 4 rings (SSSR count). The Hall–Kier alpha value is -2.42. The standard InChI is InChI=1S/C23H31N3O5S/c1-4-23(17-8-6-5-7-9-17)20(28)25(21(29)24-23)14-18(27)26-15-22(19(26)16(2)3)10-12-32(30,31)13-11-22/h5-9,16,19H,4,10-15H2,1-3H3,(H,24,29). The van der Waals surface area contributed by atoms with Gasteiger partial charge in [0.25, 0.3) is 5.91 Å². The van der Waals surface area contributed by atoms with E-state index < -0.39 is 27.3 Å². The number of nitrogens with one attached hydrogen (secondary N) is 1. The summed E-state index contributed by atoms with van der Waals surface area (Å²) in [5.74, 6) is -0.227. The van der Waals surface area contributed by atoms with Crippen LogP contribution in [-0.4, -0.2) is 66.7 Å². The molecule has 0 aliphatic carbocycles. The maximum atomic E-state index is 13.3. The zero-order chi connectivity index (χ0) is 23.3. The second kappa shape index (κ2) is 7.86. The SMILES string of the molecule is CCC1(c2ccccc2)NC(=O)N(CC(=O)N2CC3(CCS(=O)(=O)CC3)C2C(C)C)C1=O. The van der Waals surface area contributed by atoms with Crippen molar-refractivity contribution >= 4 is 27.7 Å². The molecule has 3 saturated heterocycles. The van der Waals surface area contributed by atoms with Crippen molar-refractivity contribution in [2.75, 3.05) is 24.6 Å². The highest BCUT2D eigenvalue weighted by atomic mass is 32.2. The van der Waals surface area contributed by atoms with Crippen LogP contribution >= 0.6 is 0 Å². The molecule has 3 heterocycles. The van der Waals surface area contributed by atoms with Gasteiger partial charge in [0.1, 0.15) is 21.9 Å². The van der Waals surface area contributed by atoms with Crippen molar-refractivity contribution < 1.29 is 22.8 Å². The Bertz CT molecular complexity index is 1020. The summed E-state index contributed by atoms with van der Waals surface area (Å²) >= 11 is 0. The third-order valence-electron chi connectivity index (χ3n) is 7.49. The highest BCUT2D eigenvalue weighted by molar-refractivity contribution is 7.91. The lowest BCUT2D eigenvalue weighted by Crippen LogP contribution is -2.70. The Labute approximate surface area is 189 Å². The maximum Gasteiger partial charge on any atom is 0.325 e. The van der Waals surface area contributed by atoms with Gasteiger partial charge in [-0.2, -0.15) is 0 Å². The van der Waals surface area contributed by atoms with Gasteiger partial charge >= 0.3 is 6.03 Å². The molecule has 4 amide bonds. The zero-order valence-electron chi connectivity index (χ0n) is 18.8. The van der Waals surface area contributed by atoms with Gasteiger partial charge in [0, 0.05) is 18.0 Å². The molecule has 3 fully saturated rings. The van der Waals surface area contributed by atoms with E-state index in [-0.39, 0.29) is 41.3 Å². The molecule has 3 aliphatic heterocycles. The molecule has 0 radical (unpaired) electrons. The number of urea groups is 1. The van der Waals surface area contributed by atoms with Crippen molar-refractivity contribution in [1.29, 1.82) is 0 Å². The average molecular weight is 462 g/mol. The lowest BCUT2D eigenvalue weighted by molar-refractivity contribution is -0.163. The topological polar surface area (TPSA) is 104 Å². The number of hydrogen-bond acceptors (Lipinski definition) is 5. The minimum absolute atomic E-state index is 0.0867. The Kier molecular flexibility index (Phi) is 5.59. The lowest BCUT2D eigenvalue weighted by Gasteiger charge is -2.61. The molecule has 1 N–H and O–H groups in total. The van der Waals surface area contributed by atoms with Gasteiger partial charge < -0.3 is 10.2 Å². The van der Waals surface area contributed by atoms with Gasteiger partial charge in [-0.1, -0.05) is 51.1 Å². The van der Waals surface area contributed by atoms with E-state index >= 15 is 0 Å². The summed E-state index contributed by atoms with van der Waals surface area (Å²) < 4.78 is 23.8. The van der Waals surface area contributed by atoms with E-state index in [0.717, 1.165) is 4.90 Å². The third kappa shape index (κ3) is 3.50. The van der Waals surface area contributed by atoms with E-state index in [0.29, 0.717) is 31.4 Å². The number of imide groups is 1. The van der Waals surface area contributed by atoms with E-state index in [1.165, 1.54) is 0 Å². The van der Waals surface area contributed by atoms with Crippen molar-refractivity contribution in [2.45, 2.75) is 51.6 Å². The number of amides is 4. The van der Waals surface area contributed by atoms with E-state index in [1.807, 2.05) is 39.0 Å². The molecule has 8 nitrogen and oxygen atoms in total. The number of benzene rings is 1. The zero-order valence-corrected chi connectivity index (χ0v) is 19.7. The van der Waals surface area contributed by atoms with Crippen LogP contribution in [-0.2, 0) is 25.0 Å². The minimum atomic E-state index is -3.00. The quantitative estimate of drug-likeness (QED) is 0.675. The number of nitrogens with zero attached hydrogens (tertiary/aromatic N) is 2. The summed E-state index contributed by atoms with van der Waals surface area (Å²) in [5, 5.41) is 2.81. The maximum absolute atomic E-state index is 13.3. The van der Waals surface area contributed by atoms with Gasteiger partial charge in [0.15, 0.2) is 0 Å². The van der Waals surface area contributed by atoms with Crippen LogP contribution in [0, 0.1) is 11.3 Å². The first-order valence-corrected chi connectivity index (χ1v) is 13.1. The van der Waals surface area contributed by atoms with E-state index in [9.17, 15) is 22.8 Å². The summed E-state index contributed by atoms with van der Waals surface area (Å²) in [6, 6.07) is 8.44. The summed E-state index contributed by atoms with van der Waals surface area (Å²) in [5.41, 5.74) is -0.657. The second-order valence-corrected chi connectivity index (χ2v) is 12.0. The molecule has 3 aliphatic rings. The molecule has 9 heteroatoms. The van der Waals surface area contributed by atoms with Crippen LogP contribution in [0.25, 0.3) is 0 Å². The van der Waals surface area contributed by atoms with Crippen molar-refractivity contribution in [3.63, 3.8) is 0 Å².